The van der Waals surface area contributed by atoms with Gasteiger partial charge in [0.25, 0.3) is 0 Å². The molecule has 0 aromatic carbocycles. The third kappa shape index (κ3) is 2.67. The van der Waals surface area contributed by atoms with Gasteiger partial charge < -0.3 is 0 Å². The van der Waals surface area contributed by atoms with Gasteiger partial charge in [0.2, 0.25) is 0 Å². The van der Waals surface area contributed by atoms with E-state index in [1.807, 2.05) is 6.07 Å². The van der Waals surface area contributed by atoms with Crippen LogP contribution in [0.3, 0.4) is 0 Å². The summed E-state index contributed by atoms with van der Waals surface area (Å²) in [5.41, 5.74) is 1.00. The number of aromatic nitrogens is 2. The van der Waals surface area contributed by atoms with E-state index in [2.05, 4.69) is 28.9 Å². The largest absolute Gasteiger partial charge is 0.294 e. The molecule has 3 nitrogen and oxygen atoms in total. The Morgan fingerprint density at radius 3 is 2.73 bits per heavy atom. The average Bonchev–Trinajstić information content (AvgIpc) is 2.49. The van der Waals surface area contributed by atoms with Crippen molar-refractivity contribution in [2.45, 2.75) is 32.9 Å². The summed E-state index contributed by atoms with van der Waals surface area (Å²) in [6, 6.07) is 4.40. The Morgan fingerprint density at radius 1 is 1.40 bits per heavy atom. The fourth-order valence-corrected chi connectivity index (χ4v) is 2.34. The molecule has 0 N–H and O–H groups in total. The van der Waals surface area contributed by atoms with E-state index in [4.69, 9.17) is 11.6 Å². The Labute approximate surface area is 95.5 Å². The maximum absolute atomic E-state index is 5.69. The molecule has 0 spiro atoms. The Kier molecular flexibility index (Phi) is 3.22. The van der Waals surface area contributed by atoms with E-state index in [1.165, 1.54) is 6.42 Å². The lowest BCUT2D eigenvalue weighted by molar-refractivity contribution is 0.252. The van der Waals surface area contributed by atoms with Gasteiger partial charge in [-0.1, -0.05) is 18.5 Å². The van der Waals surface area contributed by atoms with Crippen LogP contribution in [0.2, 0.25) is 5.15 Å². The van der Waals surface area contributed by atoms with E-state index in [9.17, 15) is 0 Å². The van der Waals surface area contributed by atoms with Crippen LogP contribution in [0.1, 0.15) is 26.0 Å². The van der Waals surface area contributed by atoms with Crippen LogP contribution in [-0.4, -0.2) is 27.7 Å². The molecule has 1 aliphatic heterocycles. The van der Waals surface area contributed by atoms with Crippen LogP contribution < -0.4 is 0 Å². The highest BCUT2D eigenvalue weighted by atomic mass is 35.5. The number of nitrogens with zero attached hydrogens (tertiary/aromatic N) is 3. The summed E-state index contributed by atoms with van der Waals surface area (Å²) < 4.78 is 0. The first-order valence-electron chi connectivity index (χ1n) is 5.37. The van der Waals surface area contributed by atoms with Crippen molar-refractivity contribution in [2.24, 2.45) is 5.92 Å². The van der Waals surface area contributed by atoms with Gasteiger partial charge in [0.05, 0.1) is 5.69 Å². The van der Waals surface area contributed by atoms with Gasteiger partial charge in [-0.05, 0) is 31.4 Å². The molecular weight excluding hydrogens is 210 g/mol. The summed E-state index contributed by atoms with van der Waals surface area (Å²) in [5, 5.41) is 8.39. The lowest BCUT2D eigenvalue weighted by Gasteiger charge is -2.19. The first kappa shape index (κ1) is 10.8. The number of halogens is 1. The topological polar surface area (TPSA) is 29.0 Å². The molecule has 2 heterocycles. The minimum absolute atomic E-state index is 0.460. The van der Waals surface area contributed by atoms with Crippen LogP contribution in [0.15, 0.2) is 12.1 Å². The molecule has 1 aliphatic rings. The Bertz CT molecular complexity index is 325. The van der Waals surface area contributed by atoms with Crippen LogP contribution in [-0.2, 0) is 6.54 Å². The second-order valence-electron chi connectivity index (χ2n) is 4.47. The van der Waals surface area contributed by atoms with Gasteiger partial charge in [-0.25, -0.2) is 0 Å². The molecule has 0 amide bonds. The van der Waals surface area contributed by atoms with Gasteiger partial charge in [-0.2, -0.15) is 5.10 Å². The minimum atomic E-state index is 0.460. The number of likely N-dealkylation sites (tertiary alicyclic amines) is 1. The Hall–Kier alpha value is -0.670. The molecule has 82 valence electrons. The zero-order chi connectivity index (χ0) is 10.8. The van der Waals surface area contributed by atoms with Crippen LogP contribution in [0, 0.1) is 5.92 Å². The highest BCUT2D eigenvalue weighted by Gasteiger charge is 2.26. The molecule has 4 heteroatoms. The number of hydrogen-bond acceptors (Lipinski definition) is 3. The van der Waals surface area contributed by atoms with E-state index in [-0.39, 0.29) is 0 Å². The van der Waals surface area contributed by atoms with Crippen molar-refractivity contribution in [1.29, 1.82) is 0 Å². The third-order valence-corrected chi connectivity index (χ3v) is 3.17. The molecule has 0 saturated carbocycles. The zero-order valence-electron chi connectivity index (χ0n) is 9.15. The van der Waals surface area contributed by atoms with Gasteiger partial charge in [0.1, 0.15) is 0 Å². The van der Waals surface area contributed by atoms with Crippen LogP contribution in [0.4, 0.5) is 0 Å². The summed E-state index contributed by atoms with van der Waals surface area (Å²) in [6.45, 7) is 6.61. The number of hydrogen-bond donors (Lipinski definition) is 0. The predicted molar refractivity (Wildman–Crippen MR) is 60.7 cm³/mol. The van der Waals surface area contributed by atoms with E-state index in [0.717, 1.165) is 24.7 Å². The van der Waals surface area contributed by atoms with Crippen LogP contribution in [0.25, 0.3) is 0 Å². The molecule has 0 bridgehead atoms. The summed E-state index contributed by atoms with van der Waals surface area (Å²) in [6.07, 6.45) is 1.28. The van der Waals surface area contributed by atoms with E-state index in [1.54, 1.807) is 6.07 Å². The predicted octanol–water partition coefficient (Wildman–Crippen LogP) is 2.36. The fourth-order valence-electron chi connectivity index (χ4n) is 2.24. The van der Waals surface area contributed by atoms with Gasteiger partial charge in [-0.15, -0.1) is 5.10 Å². The molecule has 2 atom stereocenters. The molecule has 1 saturated heterocycles. The van der Waals surface area contributed by atoms with Gasteiger partial charge in [0, 0.05) is 19.1 Å². The zero-order valence-corrected chi connectivity index (χ0v) is 9.91. The lowest BCUT2D eigenvalue weighted by Crippen LogP contribution is -2.27. The normalized spacial score (nSPS) is 27.1. The molecule has 1 aromatic heterocycles. The van der Waals surface area contributed by atoms with Crippen molar-refractivity contribution in [3.05, 3.63) is 23.0 Å². The molecule has 1 aromatic rings. The van der Waals surface area contributed by atoms with Crippen LogP contribution >= 0.6 is 11.6 Å². The van der Waals surface area contributed by atoms with E-state index < -0.39 is 0 Å². The van der Waals surface area contributed by atoms with Crippen LogP contribution in [0.5, 0.6) is 0 Å². The lowest BCUT2D eigenvalue weighted by atomic mass is 10.1. The van der Waals surface area contributed by atoms with Gasteiger partial charge in [-0.3, -0.25) is 4.90 Å². The molecule has 0 aliphatic carbocycles. The van der Waals surface area contributed by atoms with Gasteiger partial charge in [0.15, 0.2) is 5.15 Å². The Balaban J connectivity index is 2.00. The second-order valence-corrected chi connectivity index (χ2v) is 4.85. The quantitative estimate of drug-likeness (QED) is 0.774. The average molecular weight is 226 g/mol. The Morgan fingerprint density at radius 2 is 2.20 bits per heavy atom. The maximum atomic E-state index is 5.69. The van der Waals surface area contributed by atoms with Crippen molar-refractivity contribution in [3.8, 4) is 0 Å². The summed E-state index contributed by atoms with van der Waals surface area (Å²) in [4.78, 5) is 2.45. The fraction of sp³-hybridized carbons (Fsp3) is 0.636. The molecular formula is C11H16ClN3. The molecule has 2 unspecified atom stereocenters. The SMILES string of the molecule is CC1CC(C)N(Cc2ccc(Cl)nn2)C1. The third-order valence-electron chi connectivity index (χ3n) is 2.97. The molecule has 1 fully saturated rings. The first-order valence-corrected chi connectivity index (χ1v) is 5.75. The standard InChI is InChI=1S/C11H16ClN3/c1-8-5-9(2)15(6-8)7-10-3-4-11(12)14-13-10/h3-4,8-9H,5-7H2,1-2H3. The van der Waals surface area contributed by atoms with E-state index >= 15 is 0 Å². The van der Waals surface area contributed by atoms with Crippen molar-refractivity contribution < 1.29 is 0 Å². The van der Waals surface area contributed by atoms with E-state index in [0.29, 0.717) is 11.2 Å². The smallest absolute Gasteiger partial charge is 0.151 e. The minimum Gasteiger partial charge on any atom is -0.294 e. The summed E-state index contributed by atoms with van der Waals surface area (Å²) >= 11 is 5.69. The number of rotatable bonds is 2. The van der Waals surface area contributed by atoms with Crippen molar-refractivity contribution >= 4 is 11.6 Å². The monoisotopic (exact) mass is 225 g/mol. The first-order chi connectivity index (χ1) is 7.15. The summed E-state index contributed by atoms with van der Waals surface area (Å²) in [7, 11) is 0. The van der Waals surface area contributed by atoms with Crippen molar-refractivity contribution in [1.82, 2.24) is 15.1 Å². The molecule has 15 heavy (non-hydrogen) atoms. The maximum Gasteiger partial charge on any atom is 0.151 e. The molecule has 0 radical (unpaired) electrons. The molecule has 2 rings (SSSR count). The van der Waals surface area contributed by atoms with Gasteiger partial charge >= 0.3 is 0 Å². The summed E-state index contributed by atoms with van der Waals surface area (Å²) in [5.74, 6) is 0.792. The van der Waals surface area contributed by atoms with Crippen molar-refractivity contribution in [2.75, 3.05) is 6.54 Å². The second kappa shape index (κ2) is 4.45. The van der Waals surface area contributed by atoms with Crippen molar-refractivity contribution in [3.63, 3.8) is 0 Å². The highest BCUT2D eigenvalue weighted by Crippen LogP contribution is 2.23. The highest BCUT2D eigenvalue weighted by molar-refractivity contribution is 6.29.